The van der Waals surface area contributed by atoms with Gasteiger partial charge < -0.3 is 10.3 Å². The van der Waals surface area contributed by atoms with E-state index in [1.165, 1.54) is 11.1 Å². The van der Waals surface area contributed by atoms with Gasteiger partial charge in [-0.3, -0.25) is 4.79 Å². The van der Waals surface area contributed by atoms with Crippen LogP contribution in [0.4, 0.5) is 0 Å². The first kappa shape index (κ1) is 12.0. The Bertz CT molecular complexity index is 560. The minimum Gasteiger partial charge on any atom is -0.367 e. The summed E-state index contributed by atoms with van der Waals surface area (Å²) in [5.74, 6) is 0.296. The molecule has 0 saturated heterocycles. The molecule has 1 amide bonds. The molecule has 1 aromatic carbocycles. The van der Waals surface area contributed by atoms with Gasteiger partial charge in [-0.1, -0.05) is 24.3 Å². The summed E-state index contributed by atoms with van der Waals surface area (Å²) in [6.07, 6.45) is 6.62. The largest absolute Gasteiger partial charge is 0.367 e. The number of hydrogen-bond donors (Lipinski definition) is 2. The zero-order chi connectivity index (χ0) is 13.1. The fourth-order valence-corrected chi connectivity index (χ4v) is 2.72. The maximum absolute atomic E-state index is 12.2. The predicted molar refractivity (Wildman–Crippen MR) is 74.6 cm³/mol. The minimum absolute atomic E-state index is 0.119. The van der Waals surface area contributed by atoms with Gasteiger partial charge in [-0.25, -0.2) is 0 Å². The number of hydrogen-bond acceptors (Lipinski definition) is 1. The van der Waals surface area contributed by atoms with Gasteiger partial charge in [-0.05, 0) is 42.0 Å². The Hall–Kier alpha value is -2.03. The summed E-state index contributed by atoms with van der Waals surface area (Å²) in [6, 6.07) is 10.4. The number of nitrogens with one attached hydrogen (secondary N) is 2. The van der Waals surface area contributed by atoms with Gasteiger partial charge in [0.1, 0.15) is 0 Å². The van der Waals surface area contributed by atoms with Gasteiger partial charge in [-0.2, -0.15) is 0 Å². The topological polar surface area (TPSA) is 44.9 Å². The zero-order valence-electron chi connectivity index (χ0n) is 10.9. The molecule has 2 N–H and O–H groups in total. The lowest BCUT2D eigenvalue weighted by atomic mass is 9.83. The Morgan fingerprint density at radius 2 is 2.11 bits per heavy atom. The number of aromatic amines is 1. The maximum atomic E-state index is 12.2. The van der Waals surface area contributed by atoms with Gasteiger partial charge in [0.05, 0.1) is 0 Å². The standard InChI is InChI=1S/C16H18N2O/c19-16(18-11-12-7-8-17-10-12)15-6-5-13-3-1-2-4-14(13)9-15/h1-4,7-8,10,15,17H,5-6,9,11H2,(H,18,19). The molecule has 1 heterocycles. The van der Waals surface area contributed by atoms with E-state index in [1.54, 1.807) is 0 Å². The van der Waals surface area contributed by atoms with E-state index < -0.39 is 0 Å². The highest BCUT2D eigenvalue weighted by Crippen LogP contribution is 2.25. The second-order valence-electron chi connectivity index (χ2n) is 5.15. The van der Waals surface area contributed by atoms with E-state index in [4.69, 9.17) is 0 Å². The van der Waals surface area contributed by atoms with Crippen molar-refractivity contribution >= 4 is 5.91 Å². The van der Waals surface area contributed by atoms with Crippen molar-refractivity contribution in [3.8, 4) is 0 Å². The Balaban J connectivity index is 1.60. The van der Waals surface area contributed by atoms with Crippen LogP contribution in [0.1, 0.15) is 23.1 Å². The van der Waals surface area contributed by atoms with Crippen LogP contribution in [0.5, 0.6) is 0 Å². The van der Waals surface area contributed by atoms with Crippen molar-refractivity contribution in [1.82, 2.24) is 10.3 Å². The molecule has 3 nitrogen and oxygen atoms in total. The summed E-state index contributed by atoms with van der Waals surface area (Å²) < 4.78 is 0. The van der Waals surface area contributed by atoms with Gasteiger partial charge in [0.15, 0.2) is 0 Å². The Labute approximate surface area is 113 Å². The van der Waals surface area contributed by atoms with E-state index in [1.807, 2.05) is 18.5 Å². The summed E-state index contributed by atoms with van der Waals surface area (Å²) in [5, 5.41) is 3.03. The van der Waals surface area contributed by atoms with Crippen LogP contribution < -0.4 is 5.32 Å². The number of amides is 1. The third-order valence-corrected chi connectivity index (χ3v) is 3.85. The summed E-state index contributed by atoms with van der Waals surface area (Å²) >= 11 is 0. The zero-order valence-corrected chi connectivity index (χ0v) is 10.9. The third-order valence-electron chi connectivity index (χ3n) is 3.85. The fourth-order valence-electron chi connectivity index (χ4n) is 2.72. The van der Waals surface area contributed by atoms with Crippen LogP contribution in [0.3, 0.4) is 0 Å². The molecule has 1 aliphatic rings. The molecular weight excluding hydrogens is 236 g/mol. The molecule has 3 rings (SSSR count). The van der Waals surface area contributed by atoms with E-state index >= 15 is 0 Å². The minimum atomic E-state index is 0.119. The molecule has 1 atom stereocenters. The first-order chi connectivity index (χ1) is 9.33. The molecule has 0 radical (unpaired) electrons. The molecule has 1 unspecified atom stereocenters. The highest BCUT2D eigenvalue weighted by atomic mass is 16.1. The van der Waals surface area contributed by atoms with Gasteiger partial charge >= 0.3 is 0 Å². The Morgan fingerprint density at radius 3 is 2.89 bits per heavy atom. The molecule has 19 heavy (non-hydrogen) atoms. The number of benzene rings is 1. The van der Waals surface area contributed by atoms with Crippen molar-refractivity contribution in [3.05, 3.63) is 59.4 Å². The molecule has 0 spiro atoms. The van der Waals surface area contributed by atoms with Gasteiger partial charge in [-0.15, -0.1) is 0 Å². The lowest BCUT2D eigenvalue weighted by molar-refractivity contribution is -0.125. The monoisotopic (exact) mass is 254 g/mol. The van der Waals surface area contributed by atoms with Crippen LogP contribution in [0, 0.1) is 5.92 Å². The average molecular weight is 254 g/mol. The van der Waals surface area contributed by atoms with E-state index in [0.717, 1.165) is 24.8 Å². The molecule has 0 bridgehead atoms. The molecule has 1 aliphatic carbocycles. The maximum Gasteiger partial charge on any atom is 0.223 e. The van der Waals surface area contributed by atoms with Gasteiger partial charge in [0.25, 0.3) is 0 Å². The van der Waals surface area contributed by atoms with Crippen molar-refractivity contribution in [2.45, 2.75) is 25.8 Å². The number of fused-ring (bicyclic) bond motifs is 1. The quantitative estimate of drug-likeness (QED) is 0.868. The fraction of sp³-hybridized carbons (Fsp3) is 0.312. The smallest absolute Gasteiger partial charge is 0.223 e. The lowest BCUT2D eigenvalue weighted by Gasteiger charge is -2.23. The highest BCUT2D eigenvalue weighted by Gasteiger charge is 2.23. The summed E-state index contributed by atoms with van der Waals surface area (Å²) in [7, 11) is 0. The number of carbonyl (C=O) groups excluding carboxylic acids is 1. The van der Waals surface area contributed by atoms with E-state index in [0.29, 0.717) is 6.54 Å². The molecule has 0 aliphatic heterocycles. The van der Waals surface area contributed by atoms with Crippen molar-refractivity contribution in [2.24, 2.45) is 5.92 Å². The summed E-state index contributed by atoms with van der Waals surface area (Å²) in [6.45, 7) is 0.612. The van der Waals surface area contributed by atoms with Gasteiger partial charge in [0.2, 0.25) is 5.91 Å². The SMILES string of the molecule is O=C(NCc1cc[nH]c1)C1CCc2ccccc2C1. The van der Waals surface area contributed by atoms with Crippen LogP contribution in [0.25, 0.3) is 0 Å². The second kappa shape index (κ2) is 5.31. The number of aromatic nitrogens is 1. The second-order valence-corrected chi connectivity index (χ2v) is 5.15. The molecule has 0 saturated carbocycles. The van der Waals surface area contributed by atoms with Crippen LogP contribution in [0.15, 0.2) is 42.7 Å². The molecule has 1 aromatic heterocycles. The summed E-state index contributed by atoms with van der Waals surface area (Å²) in [5.41, 5.74) is 3.84. The van der Waals surface area contributed by atoms with Crippen LogP contribution in [0.2, 0.25) is 0 Å². The lowest BCUT2D eigenvalue weighted by Crippen LogP contribution is -2.33. The van der Waals surface area contributed by atoms with E-state index in [2.05, 4.69) is 34.6 Å². The van der Waals surface area contributed by atoms with Crippen molar-refractivity contribution in [1.29, 1.82) is 0 Å². The molecule has 98 valence electrons. The van der Waals surface area contributed by atoms with Gasteiger partial charge in [0, 0.05) is 24.9 Å². The number of rotatable bonds is 3. The highest BCUT2D eigenvalue weighted by molar-refractivity contribution is 5.79. The first-order valence-electron chi connectivity index (χ1n) is 6.79. The van der Waals surface area contributed by atoms with Crippen molar-refractivity contribution in [2.75, 3.05) is 0 Å². The number of aryl methyl sites for hydroxylation is 1. The molecule has 2 aromatic rings. The Kier molecular flexibility index (Phi) is 3.36. The number of H-pyrrole nitrogens is 1. The van der Waals surface area contributed by atoms with Crippen LogP contribution in [-0.4, -0.2) is 10.9 Å². The molecular formula is C16H18N2O. The average Bonchev–Trinajstić information content (AvgIpc) is 2.97. The molecule has 3 heteroatoms. The first-order valence-corrected chi connectivity index (χ1v) is 6.79. The number of carbonyl (C=O) groups is 1. The van der Waals surface area contributed by atoms with Crippen molar-refractivity contribution < 1.29 is 4.79 Å². The normalized spacial score (nSPS) is 17.8. The van der Waals surface area contributed by atoms with E-state index in [-0.39, 0.29) is 11.8 Å². The van der Waals surface area contributed by atoms with Crippen molar-refractivity contribution in [3.63, 3.8) is 0 Å². The summed E-state index contributed by atoms with van der Waals surface area (Å²) in [4.78, 5) is 15.2. The van der Waals surface area contributed by atoms with Crippen LogP contribution in [-0.2, 0) is 24.2 Å². The van der Waals surface area contributed by atoms with Crippen LogP contribution >= 0.6 is 0 Å². The predicted octanol–water partition coefficient (Wildman–Crippen LogP) is 2.44. The Morgan fingerprint density at radius 1 is 1.26 bits per heavy atom. The third kappa shape index (κ3) is 2.70. The molecule has 0 fully saturated rings. The van der Waals surface area contributed by atoms with E-state index in [9.17, 15) is 4.79 Å².